The standard InChI is InChI=1S/C43H29BrN2/c1-43(2)37-14-8-7-13-34(37)36-24-29(17-21-38(36)43)42-41(26-15-19-30(44)20-16-26)46-40-25-28(18-22-39(40)45-42)35-23-27-9-3-4-10-31(27)32-11-5-6-12-33(32)35/h3-25H,1-2H3. The lowest BCUT2D eigenvalue weighted by atomic mass is 9.82. The molecule has 9 rings (SSSR count). The van der Waals surface area contributed by atoms with Gasteiger partial charge in [-0.1, -0.05) is 133 Å². The summed E-state index contributed by atoms with van der Waals surface area (Å²) < 4.78 is 1.04. The number of nitrogens with zero attached hydrogens (tertiary/aromatic N) is 2. The van der Waals surface area contributed by atoms with E-state index in [9.17, 15) is 0 Å². The highest BCUT2D eigenvalue weighted by atomic mass is 79.9. The first-order chi connectivity index (χ1) is 22.5. The Bertz CT molecular complexity index is 2510. The molecule has 0 N–H and O–H groups in total. The van der Waals surface area contributed by atoms with Crippen LogP contribution in [0.15, 0.2) is 144 Å². The zero-order valence-corrected chi connectivity index (χ0v) is 27.1. The molecule has 1 heterocycles. The highest BCUT2D eigenvalue weighted by molar-refractivity contribution is 9.10. The predicted molar refractivity (Wildman–Crippen MR) is 196 cm³/mol. The average molecular weight is 654 g/mol. The van der Waals surface area contributed by atoms with Crippen molar-refractivity contribution in [1.82, 2.24) is 9.97 Å². The Balaban J connectivity index is 1.26. The topological polar surface area (TPSA) is 25.8 Å². The minimum atomic E-state index is -0.0443. The molecule has 3 heteroatoms. The molecule has 7 aromatic carbocycles. The quantitative estimate of drug-likeness (QED) is 0.177. The van der Waals surface area contributed by atoms with Crippen LogP contribution in [0.2, 0.25) is 0 Å². The summed E-state index contributed by atoms with van der Waals surface area (Å²) in [6.07, 6.45) is 0. The first-order valence-electron chi connectivity index (χ1n) is 15.7. The van der Waals surface area contributed by atoms with Gasteiger partial charge >= 0.3 is 0 Å². The number of hydrogen-bond donors (Lipinski definition) is 0. The van der Waals surface area contributed by atoms with Crippen LogP contribution < -0.4 is 0 Å². The van der Waals surface area contributed by atoms with Crippen molar-refractivity contribution in [2.75, 3.05) is 0 Å². The molecule has 8 aromatic rings. The molecule has 0 aliphatic heterocycles. The molecule has 1 aromatic heterocycles. The SMILES string of the molecule is CC1(C)c2ccccc2-c2cc(-c3nc4ccc(-c5cc6ccccc6c6ccccc56)cc4nc3-c3ccc(Br)cc3)ccc21. The first kappa shape index (κ1) is 27.2. The van der Waals surface area contributed by atoms with Crippen molar-refractivity contribution in [2.24, 2.45) is 0 Å². The van der Waals surface area contributed by atoms with Crippen molar-refractivity contribution in [3.63, 3.8) is 0 Å². The zero-order valence-electron chi connectivity index (χ0n) is 25.6. The van der Waals surface area contributed by atoms with Crippen molar-refractivity contribution < 1.29 is 0 Å². The van der Waals surface area contributed by atoms with Crippen LogP contribution in [0, 0.1) is 0 Å². The molecular formula is C43H29BrN2. The van der Waals surface area contributed by atoms with Gasteiger partial charge < -0.3 is 0 Å². The van der Waals surface area contributed by atoms with Crippen LogP contribution in [0.4, 0.5) is 0 Å². The number of benzene rings is 7. The summed E-state index contributed by atoms with van der Waals surface area (Å²) in [5, 5.41) is 4.99. The Morgan fingerprint density at radius 1 is 0.457 bits per heavy atom. The van der Waals surface area contributed by atoms with Gasteiger partial charge in [0.1, 0.15) is 0 Å². The van der Waals surface area contributed by atoms with Gasteiger partial charge in [0.2, 0.25) is 0 Å². The highest BCUT2D eigenvalue weighted by Crippen LogP contribution is 2.50. The third-order valence-electron chi connectivity index (χ3n) is 9.72. The molecule has 46 heavy (non-hydrogen) atoms. The van der Waals surface area contributed by atoms with Crippen LogP contribution in [-0.4, -0.2) is 9.97 Å². The van der Waals surface area contributed by atoms with E-state index in [0.29, 0.717) is 0 Å². The fourth-order valence-electron chi connectivity index (χ4n) is 7.39. The van der Waals surface area contributed by atoms with Crippen LogP contribution in [0.3, 0.4) is 0 Å². The number of hydrogen-bond acceptors (Lipinski definition) is 2. The fourth-order valence-corrected chi connectivity index (χ4v) is 7.66. The first-order valence-corrected chi connectivity index (χ1v) is 16.5. The van der Waals surface area contributed by atoms with E-state index in [1.54, 1.807) is 0 Å². The van der Waals surface area contributed by atoms with Crippen LogP contribution in [0.25, 0.3) is 77.3 Å². The van der Waals surface area contributed by atoms with E-state index in [4.69, 9.17) is 9.97 Å². The molecule has 0 amide bonds. The maximum absolute atomic E-state index is 5.37. The molecule has 1 aliphatic carbocycles. The molecule has 0 bridgehead atoms. The Hall–Kier alpha value is -5.12. The summed E-state index contributed by atoms with van der Waals surface area (Å²) in [5.74, 6) is 0. The normalized spacial score (nSPS) is 13.3. The van der Waals surface area contributed by atoms with Gasteiger partial charge in [0.15, 0.2) is 0 Å². The largest absolute Gasteiger partial charge is 0.244 e. The van der Waals surface area contributed by atoms with E-state index in [0.717, 1.165) is 43.6 Å². The van der Waals surface area contributed by atoms with Gasteiger partial charge in [-0.15, -0.1) is 0 Å². The van der Waals surface area contributed by atoms with E-state index in [2.05, 4.69) is 169 Å². The summed E-state index contributed by atoms with van der Waals surface area (Å²) in [4.78, 5) is 10.7. The highest BCUT2D eigenvalue weighted by Gasteiger charge is 2.35. The summed E-state index contributed by atoms with van der Waals surface area (Å²) in [6.45, 7) is 4.63. The van der Waals surface area contributed by atoms with Crippen molar-refractivity contribution in [3.05, 3.63) is 155 Å². The summed E-state index contributed by atoms with van der Waals surface area (Å²) in [5.41, 5.74) is 13.2. The lowest BCUT2D eigenvalue weighted by molar-refractivity contribution is 0.660. The summed E-state index contributed by atoms with van der Waals surface area (Å²) in [7, 11) is 0. The van der Waals surface area contributed by atoms with E-state index in [-0.39, 0.29) is 5.41 Å². The summed E-state index contributed by atoms with van der Waals surface area (Å²) >= 11 is 3.62. The third kappa shape index (κ3) is 4.15. The Labute approximate surface area is 276 Å². The Morgan fingerprint density at radius 2 is 1.09 bits per heavy atom. The average Bonchev–Trinajstić information content (AvgIpc) is 3.33. The Kier molecular flexibility index (Phi) is 6.03. The van der Waals surface area contributed by atoms with Crippen LogP contribution in [0.1, 0.15) is 25.0 Å². The van der Waals surface area contributed by atoms with Gasteiger partial charge in [-0.2, -0.15) is 0 Å². The van der Waals surface area contributed by atoms with Crippen LogP contribution in [-0.2, 0) is 5.41 Å². The smallest absolute Gasteiger partial charge is 0.0973 e. The second-order valence-corrected chi connectivity index (χ2v) is 13.7. The van der Waals surface area contributed by atoms with Gasteiger partial charge in [-0.3, -0.25) is 0 Å². The zero-order chi connectivity index (χ0) is 31.0. The molecule has 0 saturated heterocycles. The number of aromatic nitrogens is 2. The number of fused-ring (bicyclic) bond motifs is 7. The monoisotopic (exact) mass is 652 g/mol. The van der Waals surface area contributed by atoms with Gasteiger partial charge in [-0.05, 0) is 91.3 Å². The fraction of sp³-hybridized carbons (Fsp3) is 0.0698. The molecule has 1 aliphatic rings. The maximum Gasteiger partial charge on any atom is 0.0973 e. The second-order valence-electron chi connectivity index (χ2n) is 12.8. The van der Waals surface area contributed by atoms with Crippen molar-refractivity contribution in [3.8, 4) is 44.8 Å². The molecular weight excluding hydrogens is 624 g/mol. The van der Waals surface area contributed by atoms with Gasteiger partial charge in [0.05, 0.1) is 22.4 Å². The molecule has 0 atom stereocenters. The van der Waals surface area contributed by atoms with Crippen molar-refractivity contribution in [1.29, 1.82) is 0 Å². The van der Waals surface area contributed by atoms with E-state index in [1.165, 1.54) is 49.4 Å². The minimum Gasteiger partial charge on any atom is -0.244 e. The van der Waals surface area contributed by atoms with Crippen LogP contribution in [0.5, 0.6) is 0 Å². The molecule has 0 spiro atoms. The maximum atomic E-state index is 5.37. The molecule has 0 saturated carbocycles. The van der Waals surface area contributed by atoms with E-state index in [1.807, 2.05) is 0 Å². The van der Waals surface area contributed by atoms with E-state index < -0.39 is 0 Å². The Morgan fingerprint density at radius 3 is 1.93 bits per heavy atom. The predicted octanol–water partition coefficient (Wildman–Crippen LogP) is 12.0. The van der Waals surface area contributed by atoms with Crippen molar-refractivity contribution in [2.45, 2.75) is 19.3 Å². The molecule has 0 radical (unpaired) electrons. The van der Waals surface area contributed by atoms with Crippen molar-refractivity contribution >= 4 is 48.5 Å². The van der Waals surface area contributed by atoms with Gasteiger partial charge in [0.25, 0.3) is 0 Å². The molecule has 0 unspecified atom stereocenters. The lowest BCUT2D eigenvalue weighted by Crippen LogP contribution is -2.14. The summed E-state index contributed by atoms with van der Waals surface area (Å²) in [6, 6.07) is 50.1. The third-order valence-corrected chi connectivity index (χ3v) is 10.2. The molecule has 0 fully saturated rings. The molecule has 218 valence electrons. The minimum absolute atomic E-state index is 0.0443. The number of halogens is 1. The molecule has 2 nitrogen and oxygen atoms in total. The van der Waals surface area contributed by atoms with Gasteiger partial charge in [-0.25, -0.2) is 9.97 Å². The number of rotatable bonds is 3. The van der Waals surface area contributed by atoms with Gasteiger partial charge in [0, 0.05) is 21.0 Å². The van der Waals surface area contributed by atoms with E-state index >= 15 is 0 Å². The lowest BCUT2D eigenvalue weighted by Gasteiger charge is -2.21. The second kappa shape index (κ2) is 10.2. The van der Waals surface area contributed by atoms with Crippen LogP contribution >= 0.6 is 15.9 Å².